The van der Waals surface area contributed by atoms with E-state index in [4.69, 9.17) is 4.99 Å². The maximum atomic E-state index is 12.3. The fourth-order valence-corrected chi connectivity index (χ4v) is 3.23. The number of nitrogens with zero attached hydrogens (tertiary/aromatic N) is 4. The van der Waals surface area contributed by atoms with Crippen molar-refractivity contribution in [3.05, 3.63) is 0 Å². The molecule has 1 saturated heterocycles. The molecule has 148 valence electrons. The van der Waals surface area contributed by atoms with Crippen LogP contribution in [-0.2, 0) is 4.79 Å². The number of likely N-dealkylation sites (N-methyl/N-ethyl adjacent to an activating group) is 2. The van der Waals surface area contributed by atoms with Crippen molar-refractivity contribution in [2.75, 3.05) is 59.4 Å². The Morgan fingerprint density at radius 1 is 1.24 bits per heavy atom. The van der Waals surface area contributed by atoms with E-state index in [0.717, 1.165) is 45.2 Å². The van der Waals surface area contributed by atoms with E-state index in [9.17, 15) is 4.79 Å². The van der Waals surface area contributed by atoms with Crippen LogP contribution in [0, 0.1) is 5.92 Å². The van der Waals surface area contributed by atoms with Crippen molar-refractivity contribution in [2.45, 2.75) is 40.5 Å². The van der Waals surface area contributed by atoms with E-state index in [1.54, 1.807) is 0 Å². The van der Waals surface area contributed by atoms with Gasteiger partial charge in [-0.25, -0.2) is 0 Å². The van der Waals surface area contributed by atoms with E-state index in [0.29, 0.717) is 12.5 Å². The molecule has 1 N–H and O–H groups in total. The molecule has 1 rings (SSSR count). The van der Waals surface area contributed by atoms with Crippen LogP contribution in [0.15, 0.2) is 4.99 Å². The summed E-state index contributed by atoms with van der Waals surface area (Å²) in [5, 5.41) is 3.32. The number of aliphatic imine (C=N–C) groups is 1. The van der Waals surface area contributed by atoms with E-state index in [1.165, 1.54) is 19.4 Å². The largest absolute Gasteiger partial charge is 0.357 e. The highest BCUT2D eigenvalue weighted by Gasteiger charge is 2.19. The standard InChI is InChI=1S/C18H37N5O.HI/c1-6-19-18(21(5)15-17(24)23(8-3)9-4)20-13-16-11-10-12-22(7-2)14-16;/h16H,6-15H2,1-5H3,(H,19,20);1H. The number of halogens is 1. The van der Waals surface area contributed by atoms with Crippen molar-refractivity contribution in [3.63, 3.8) is 0 Å². The fraction of sp³-hybridized carbons (Fsp3) is 0.889. The Labute approximate surface area is 171 Å². The molecule has 25 heavy (non-hydrogen) atoms. The molecule has 0 bridgehead atoms. The smallest absolute Gasteiger partial charge is 0.242 e. The first-order valence-corrected chi connectivity index (χ1v) is 9.55. The van der Waals surface area contributed by atoms with E-state index in [2.05, 4.69) is 24.1 Å². The van der Waals surface area contributed by atoms with E-state index < -0.39 is 0 Å². The maximum Gasteiger partial charge on any atom is 0.242 e. The first-order chi connectivity index (χ1) is 11.5. The fourth-order valence-electron chi connectivity index (χ4n) is 3.23. The highest BCUT2D eigenvalue weighted by molar-refractivity contribution is 14.0. The highest BCUT2D eigenvalue weighted by Crippen LogP contribution is 2.16. The van der Waals surface area contributed by atoms with Gasteiger partial charge in [0.1, 0.15) is 0 Å². The van der Waals surface area contributed by atoms with Gasteiger partial charge in [-0.3, -0.25) is 9.79 Å². The second-order valence-electron chi connectivity index (χ2n) is 6.52. The Balaban J connectivity index is 0.00000576. The van der Waals surface area contributed by atoms with Gasteiger partial charge in [-0.2, -0.15) is 0 Å². The Bertz CT molecular complexity index is 401. The number of piperidine rings is 1. The zero-order chi connectivity index (χ0) is 17.9. The number of rotatable bonds is 8. The lowest BCUT2D eigenvalue weighted by molar-refractivity contribution is -0.131. The van der Waals surface area contributed by atoms with Crippen LogP contribution in [0.1, 0.15) is 40.5 Å². The Hall–Kier alpha value is -0.570. The van der Waals surface area contributed by atoms with Crippen LogP contribution in [0.3, 0.4) is 0 Å². The summed E-state index contributed by atoms with van der Waals surface area (Å²) in [6.45, 7) is 15.3. The Morgan fingerprint density at radius 2 is 1.92 bits per heavy atom. The summed E-state index contributed by atoms with van der Waals surface area (Å²) in [4.78, 5) is 23.4. The average Bonchev–Trinajstić information content (AvgIpc) is 2.59. The molecule has 1 aliphatic rings. The molecule has 6 nitrogen and oxygen atoms in total. The number of nitrogens with one attached hydrogen (secondary N) is 1. The van der Waals surface area contributed by atoms with Gasteiger partial charge in [-0.15, -0.1) is 24.0 Å². The summed E-state index contributed by atoms with van der Waals surface area (Å²) in [6, 6.07) is 0. The van der Waals surface area contributed by atoms with Crippen molar-refractivity contribution in [1.29, 1.82) is 0 Å². The number of carbonyl (C=O) groups is 1. The van der Waals surface area contributed by atoms with Gasteiger partial charge in [0, 0.05) is 39.8 Å². The molecule has 0 saturated carbocycles. The first kappa shape index (κ1) is 24.4. The molecule has 1 fully saturated rings. The normalized spacial score (nSPS) is 18.4. The van der Waals surface area contributed by atoms with Crippen molar-refractivity contribution >= 4 is 35.8 Å². The summed E-state index contributed by atoms with van der Waals surface area (Å²) in [5.41, 5.74) is 0. The quantitative estimate of drug-likeness (QED) is 0.338. The van der Waals surface area contributed by atoms with Crippen LogP contribution in [0.5, 0.6) is 0 Å². The number of amides is 1. The molecule has 1 amide bonds. The first-order valence-electron chi connectivity index (χ1n) is 9.55. The number of hydrogen-bond acceptors (Lipinski definition) is 3. The molecule has 7 heteroatoms. The maximum absolute atomic E-state index is 12.3. The lowest BCUT2D eigenvalue weighted by atomic mass is 9.98. The van der Waals surface area contributed by atoms with Gasteiger partial charge < -0.3 is 20.0 Å². The Morgan fingerprint density at radius 3 is 2.48 bits per heavy atom. The third-order valence-corrected chi connectivity index (χ3v) is 4.73. The van der Waals surface area contributed by atoms with Gasteiger partial charge >= 0.3 is 0 Å². The summed E-state index contributed by atoms with van der Waals surface area (Å²) >= 11 is 0. The van der Waals surface area contributed by atoms with Crippen LogP contribution in [0.4, 0.5) is 0 Å². The zero-order valence-electron chi connectivity index (χ0n) is 16.8. The van der Waals surface area contributed by atoms with Gasteiger partial charge in [0.15, 0.2) is 5.96 Å². The molecule has 0 spiro atoms. The summed E-state index contributed by atoms with van der Waals surface area (Å²) < 4.78 is 0. The van der Waals surface area contributed by atoms with Gasteiger partial charge in [0.05, 0.1) is 6.54 Å². The molecule has 0 aromatic heterocycles. The van der Waals surface area contributed by atoms with Crippen molar-refractivity contribution in [2.24, 2.45) is 10.9 Å². The Kier molecular flexibility index (Phi) is 13.3. The van der Waals surface area contributed by atoms with Gasteiger partial charge in [-0.1, -0.05) is 6.92 Å². The average molecular weight is 467 g/mol. The van der Waals surface area contributed by atoms with Crippen LogP contribution in [0.25, 0.3) is 0 Å². The monoisotopic (exact) mass is 467 g/mol. The molecule has 1 atom stereocenters. The molecular weight excluding hydrogens is 429 g/mol. The minimum atomic E-state index is 0. The topological polar surface area (TPSA) is 51.2 Å². The van der Waals surface area contributed by atoms with Crippen molar-refractivity contribution < 1.29 is 4.79 Å². The minimum Gasteiger partial charge on any atom is -0.357 e. The van der Waals surface area contributed by atoms with Crippen molar-refractivity contribution in [3.8, 4) is 0 Å². The molecule has 0 aromatic carbocycles. The van der Waals surface area contributed by atoms with E-state index in [1.807, 2.05) is 30.7 Å². The number of guanidine groups is 1. The van der Waals surface area contributed by atoms with Crippen LogP contribution in [0.2, 0.25) is 0 Å². The van der Waals surface area contributed by atoms with E-state index >= 15 is 0 Å². The van der Waals surface area contributed by atoms with Crippen molar-refractivity contribution in [1.82, 2.24) is 20.0 Å². The molecule has 1 unspecified atom stereocenters. The van der Waals surface area contributed by atoms with Gasteiger partial charge in [0.25, 0.3) is 0 Å². The summed E-state index contributed by atoms with van der Waals surface area (Å²) in [5.74, 6) is 1.62. The van der Waals surface area contributed by atoms with Crippen LogP contribution in [-0.4, -0.2) is 86.0 Å². The molecule has 1 aliphatic heterocycles. The molecule has 0 aliphatic carbocycles. The summed E-state index contributed by atoms with van der Waals surface area (Å²) in [6.07, 6.45) is 2.52. The SMILES string of the molecule is CCNC(=NCC1CCCN(CC)C1)N(C)CC(=O)N(CC)CC.I. The second kappa shape index (κ2) is 13.6. The minimum absolute atomic E-state index is 0. The summed E-state index contributed by atoms with van der Waals surface area (Å²) in [7, 11) is 1.95. The molecular formula is C18H38IN5O. The molecule has 1 heterocycles. The van der Waals surface area contributed by atoms with Crippen LogP contribution < -0.4 is 5.32 Å². The molecule has 0 aromatic rings. The second-order valence-corrected chi connectivity index (χ2v) is 6.52. The van der Waals surface area contributed by atoms with Crippen LogP contribution >= 0.6 is 24.0 Å². The predicted molar refractivity (Wildman–Crippen MR) is 117 cm³/mol. The number of likely N-dealkylation sites (tertiary alicyclic amines) is 1. The third-order valence-electron chi connectivity index (χ3n) is 4.73. The lowest BCUT2D eigenvalue weighted by Gasteiger charge is -2.31. The number of carbonyl (C=O) groups excluding carboxylic acids is 1. The zero-order valence-corrected chi connectivity index (χ0v) is 19.1. The molecule has 0 radical (unpaired) electrons. The number of hydrogen-bond donors (Lipinski definition) is 1. The lowest BCUT2D eigenvalue weighted by Crippen LogP contribution is -2.46. The van der Waals surface area contributed by atoms with E-state index in [-0.39, 0.29) is 29.9 Å². The van der Waals surface area contributed by atoms with Gasteiger partial charge in [-0.05, 0) is 52.6 Å². The van der Waals surface area contributed by atoms with Gasteiger partial charge in [0.2, 0.25) is 5.91 Å². The third kappa shape index (κ3) is 8.57. The predicted octanol–water partition coefficient (Wildman–Crippen LogP) is 2.10. The highest BCUT2D eigenvalue weighted by atomic mass is 127.